The molecule has 2 heterocycles. The van der Waals surface area contributed by atoms with E-state index in [0.717, 1.165) is 42.9 Å². The van der Waals surface area contributed by atoms with Gasteiger partial charge >= 0.3 is 0 Å². The van der Waals surface area contributed by atoms with Gasteiger partial charge in [0.15, 0.2) is 5.13 Å². The lowest BCUT2D eigenvalue weighted by molar-refractivity contribution is -0.130. The van der Waals surface area contributed by atoms with Crippen LogP contribution in [0.4, 0.5) is 5.13 Å². The molecule has 1 aromatic heterocycles. The summed E-state index contributed by atoms with van der Waals surface area (Å²) in [7, 11) is 0. The van der Waals surface area contributed by atoms with Crippen LogP contribution in [-0.4, -0.2) is 40.0 Å². The Labute approximate surface area is 147 Å². The second-order valence-electron chi connectivity index (χ2n) is 7.66. The lowest BCUT2D eigenvalue weighted by atomic mass is 9.96. The smallest absolute Gasteiger partial charge is 0.228 e. The van der Waals surface area contributed by atoms with E-state index in [1.54, 1.807) is 0 Å². The van der Waals surface area contributed by atoms with Crippen molar-refractivity contribution >= 4 is 22.4 Å². The Kier molecular flexibility index (Phi) is 4.66. The van der Waals surface area contributed by atoms with Crippen molar-refractivity contribution in [3.05, 3.63) is 4.88 Å². The number of rotatable bonds is 4. The first-order valence-electron chi connectivity index (χ1n) is 9.42. The molecule has 3 atom stereocenters. The summed E-state index contributed by atoms with van der Waals surface area (Å²) in [4.78, 5) is 19.4. The third kappa shape index (κ3) is 3.39. The van der Waals surface area contributed by atoms with Crippen molar-refractivity contribution in [1.29, 1.82) is 0 Å². The van der Waals surface area contributed by atoms with Crippen LogP contribution in [0.15, 0.2) is 0 Å². The third-order valence-electron chi connectivity index (χ3n) is 5.99. The molecule has 2 N–H and O–H groups in total. The first-order chi connectivity index (χ1) is 11.7. The first-order valence-corrected chi connectivity index (χ1v) is 10.2. The maximum atomic E-state index is 12.5. The molecule has 1 amide bonds. The van der Waals surface area contributed by atoms with E-state index >= 15 is 0 Å². The fourth-order valence-electron chi connectivity index (χ4n) is 4.67. The van der Waals surface area contributed by atoms with Crippen LogP contribution in [0.1, 0.15) is 56.2 Å². The zero-order valence-electron chi connectivity index (χ0n) is 14.2. The number of hydrogen-bond donors (Lipinski definition) is 2. The molecule has 0 spiro atoms. The second kappa shape index (κ2) is 6.90. The summed E-state index contributed by atoms with van der Waals surface area (Å²) in [5, 5.41) is 14.4. The van der Waals surface area contributed by atoms with Crippen LogP contribution in [0, 0.1) is 11.8 Å². The van der Waals surface area contributed by atoms with E-state index < -0.39 is 0 Å². The van der Waals surface area contributed by atoms with Crippen LogP contribution in [0.25, 0.3) is 0 Å². The number of thiazole rings is 1. The summed E-state index contributed by atoms with van der Waals surface area (Å²) in [6, 6.07) is 0.503. The van der Waals surface area contributed by atoms with Crippen molar-refractivity contribution in [3.63, 3.8) is 0 Å². The minimum Gasteiger partial charge on any atom is -0.492 e. The Morgan fingerprint density at radius 2 is 2.00 bits per heavy atom. The Balaban J connectivity index is 1.37. The van der Waals surface area contributed by atoms with E-state index in [2.05, 4.69) is 10.3 Å². The van der Waals surface area contributed by atoms with Crippen molar-refractivity contribution in [1.82, 2.24) is 9.88 Å². The highest BCUT2D eigenvalue weighted by Gasteiger charge is 2.39. The number of aromatic nitrogens is 1. The highest BCUT2D eigenvalue weighted by molar-refractivity contribution is 7.16. The van der Waals surface area contributed by atoms with Gasteiger partial charge in [-0.1, -0.05) is 30.6 Å². The van der Waals surface area contributed by atoms with Crippen LogP contribution in [0.5, 0.6) is 5.88 Å². The highest BCUT2D eigenvalue weighted by Crippen LogP contribution is 2.46. The minimum absolute atomic E-state index is 0.0360. The van der Waals surface area contributed by atoms with Crippen molar-refractivity contribution in [2.24, 2.45) is 11.8 Å². The number of fused-ring (bicyclic) bond motifs is 2. The van der Waals surface area contributed by atoms with Gasteiger partial charge in [-0.05, 0) is 43.9 Å². The average Bonchev–Trinajstić information content (AvgIpc) is 3.18. The number of hydrogen-bond acceptors (Lipinski definition) is 5. The Hall–Kier alpha value is -1.30. The predicted octanol–water partition coefficient (Wildman–Crippen LogP) is 3.39. The lowest BCUT2D eigenvalue weighted by Crippen LogP contribution is -2.32. The molecule has 0 aromatic carbocycles. The van der Waals surface area contributed by atoms with E-state index in [-0.39, 0.29) is 18.2 Å². The summed E-state index contributed by atoms with van der Waals surface area (Å²) in [6.07, 6.45) is 10.2. The molecular weight excluding hydrogens is 322 g/mol. The number of carbonyl (C=O) groups excluding carboxylic acids is 1. The molecule has 0 radical (unpaired) electrons. The molecule has 2 bridgehead atoms. The van der Waals surface area contributed by atoms with Crippen molar-refractivity contribution in [3.8, 4) is 5.88 Å². The summed E-state index contributed by atoms with van der Waals surface area (Å²) in [6.45, 7) is 1.71. The minimum atomic E-state index is 0.0360. The van der Waals surface area contributed by atoms with E-state index in [1.165, 1.54) is 49.9 Å². The largest absolute Gasteiger partial charge is 0.492 e. The molecule has 3 unspecified atom stereocenters. The van der Waals surface area contributed by atoms with E-state index in [9.17, 15) is 9.90 Å². The van der Waals surface area contributed by atoms with Crippen LogP contribution in [0.2, 0.25) is 0 Å². The van der Waals surface area contributed by atoms with E-state index in [4.69, 9.17) is 0 Å². The fourth-order valence-corrected chi connectivity index (χ4v) is 5.58. The van der Waals surface area contributed by atoms with Crippen LogP contribution in [0.3, 0.4) is 0 Å². The van der Waals surface area contributed by atoms with Gasteiger partial charge in [-0.25, -0.2) is 0 Å². The number of nitrogens with one attached hydrogen (secondary N) is 1. The molecule has 3 fully saturated rings. The van der Waals surface area contributed by atoms with Gasteiger partial charge in [-0.3, -0.25) is 4.79 Å². The molecule has 1 aliphatic heterocycles. The summed E-state index contributed by atoms with van der Waals surface area (Å²) >= 11 is 1.45. The zero-order valence-corrected chi connectivity index (χ0v) is 15.0. The van der Waals surface area contributed by atoms with Gasteiger partial charge in [0, 0.05) is 19.1 Å². The summed E-state index contributed by atoms with van der Waals surface area (Å²) < 4.78 is 0. The number of aromatic hydroxyl groups is 1. The molecule has 6 heteroatoms. The van der Waals surface area contributed by atoms with Crippen molar-refractivity contribution < 1.29 is 9.90 Å². The number of likely N-dealkylation sites (tertiary alicyclic amines) is 1. The molecule has 132 valence electrons. The van der Waals surface area contributed by atoms with Crippen LogP contribution >= 0.6 is 11.3 Å². The standard InChI is InChI=1S/C18H27N3O2S/c22-16(21-7-3-1-2-4-8-21)11-15-17(23)20-18(24-15)19-14-10-12-5-6-13(14)9-12/h12-14,23H,1-11H2,(H,19,20). The number of anilines is 1. The van der Waals surface area contributed by atoms with Gasteiger partial charge in [0.2, 0.25) is 11.8 Å². The molecule has 4 rings (SSSR count). The molecule has 24 heavy (non-hydrogen) atoms. The van der Waals surface area contributed by atoms with Crippen LogP contribution in [-0.2, 0) is 11.2 Å². The van der Waals surface area contributed by atoms with Gasteiger partial charge < -0.3 is 15.3 Å². The highest BCUT2D eigenvalue weighted by atomic mass is 32.1. The first kappa shape index (κ1) is 16.2. The monoisotopic (exact) mass is 349 g/mol. The predicted molar refractivity (Wildman–Crippen MR) is 95.4 cm³/mol. The van der Waals surface area contributed by atoms with Crippen molar-refractivity contribution in [2.45, 2.75) is 63.8 Å². The fraction of sp³-hybridized carbons (Fsp3) is 0.778. The van der Waals surface area contributed by atoms with Gasteiger partial charge in [0.25, 0.3) is 0 Å². The Morgan fingerprint density at radius 3 is 2.67 bits per heavy atom. The lowest BCUT2D eigenvalue weighted by Gasteiger charge is -2.22. The van der Waals surface area contributed by atoms with Gasteiger partial charge in [-0.15, -0.1) is 0 Å². The van der Waals surface area contributed by atoms with Gasteiger partial charge in [-0.2, -0.15) is 4.98 Å². The Bertz CT molecular complexity index is 595. The number of nitrogens with zero attached hydrogens (tertiary/aromatic N) is 2. The van der Waals surface area contributed by atoms with E-state index in [1.807, 2.05) is 4.90 Å². The molecule has 1 saturated heterocycles. The average molecular weight is 350 g/mol. The maximum absolute atomic E-state index is 12.5. The summed E-state index contributed by atoms with van der Waals surface area (Å²) in [5.41, 5.74) is 0. The topological polar surface area (TPSA) is 65.5 Å². The third-order valence-corrected chi connectivity index (χ3v) is 6.97. The Morgan fingerprint density at radius 1 is 1.21 bits per heavy atom. The number of amides is 1. The van der Waals surface area contributed by atoms with E-state index in [0.29, 0.717) is 10.9 Å². The molecule has 3 aliphatic rings. The second-order valence-corrected chi connectivity index (χ2v) is 8.75. The quantitative estimate of drug-likeness (QED) is 0.874. The van der Waals surface area contributed by atoms with Crippen molar-refractivity contribution in [2.75, 3.05) is 18.4 Å². The molecule has 5 nitrogen and oxygen atoms in total. The molecule has 2 saturated carbocycles. The van der Waals surface area contributed by atoms with Gasteiger partial charge in [0.1, 0.15) is 0 Å². The molecule has 2 aliphatic carbocycles. The van der Waals surface area contributed by atoms with Gasteiger partial charge in [0.05, 0.1) is 11.3 Å². The normalized spacial score (nSPS) is 29.7. The summed E-state index contributed by atoms with van der Waals surface area (Å²) in [5.74, 6) is 1.81. The molecule has 1 aromatic rings. The van der Waals surface area contributed by atoms with Crippen LogP contribution < -0.4 is 5.32 Å². The maximum Gasteiger partial charge on any atom is 0.228 e. The zero-order chi connectivity index (χ0) is 16.5. The number of carbonyl (C=O) groups is 1. The SMILES string of the molecule is O=C(Cc1sc(NC2CC3CCC2C3)nc1O)N1CCCCCC1. The molecular formula is C18H27N3O2S.